The number of non-ortho nitro benzene ring substituents is 1. The van der Waals surface area contributed by atoms with E-state index in [9.17, 15) is 14.9 Å². The van der Waals surface area contributed by atoms with Crippen molar-refractivity contribution in [2.24, 2.45) is 0 Å². The monoisotopic (exact) mass is 325 g/mol. The summed E-state index contributed by atoms with van der Waals surface area (Å²) in [5.41, 5.74) is 2.50. The Bertz CT molecular complexity index is 900. The van der Waals surface area contributed by atoms with Crippen LogP contribution in [0.2, 0.25) is 0 Å². The molecule has 2 aromatic carbocycles. The van der Waals surface area contributed by atoms with Gasteiger partial charge in [-0.3, -0.25) is 14.9 Å². The Kier molecular flexibility index (Phi) is 4.24. The van der Waals surface area contributed by atoms with Crippen molar-refractivity contribution in [3.63, 3.8) is 0 Å². The van der Waals surface area contributed by atoms with E-state index < -0.39 is 10.9 Å². The summed E-state index contributed by atoms with van der Waals surface area (Å²) in [5.74, 6) is -0.159. The van der Waals surface area contributed by atoms with Crippen molar-refractivity contribution < 1.29 is 14.8 Å². The van der Waals surface area contributed by atoms with Gasteiger partial charge in [-0.15, -0.1) is 0 Å². The van der Waals surface area contributed by atoms with Gasteiger partial charge < -0.3 is 9.67 Å². The van der Waals surface area contributed by atoms with Crippen molar-refractivity contribution >= 4 is 22.7 Å². The maximum Gasteiger partial charge on any atom is 0.303 e. The molecule has 0 aliphatic heterocycles. The van der Waals surface area contributed by atoms with E-state index in [0.717, 1.165) is 16.6 Å². The first kappa shape index (κ1) is 15.7. The molecule has 0 saturated heterocycles. The zero-order valence-electron chi connectivity index (χ0n) is 12.8. The van der Waals surface area contributed by atoms with E-state index in [4.69, 9.17) is 5.11 Å². The van der Waals surface area contributed by atoms with Gasteiger partial charge in [-0.25, -0.2) is 4.98 Å². The number of hydrogen-bond donors (Lipinski definition) is 1. The first-order chi connectivity index (χ1) is 11.6. The molecule has 0 unspecified atom stereocenters. The van der Waals surface area contributed by atoms with Crippen molar-refractivity contribution in [2.75, 3.05) is 0 Å². The van der Waals surface area contributed by atoms with E-state index in [1.165, 1.54) is 12.1 Å². The van der Waals surface area contributed by atoms with E-state index >= 15 is 0 Å². The summed E-state index contributed by atoms with van der Waals surface area (Å²) in [7, 11) is 0. The SMILES string of the molecule is O=C(O)CCCn1c(-c2ccc([N+](=O)[O-])cc2)nc2ccccc21. The molecule has 0 aliphatic carbocycles. The first-order valence-electron chi connectivity index (χ1n) is 7.48. The van der Waals surface area contributed by atoms with Crippen LogP contribution in [0, 0.1) is 10.1 Å². The van der Waals surface area contributed by atoms with Crippen LogP contribution in [0.15, 0.2) is 48.5 Å². The van der Waals surface area contributed by atoms with Gasteiger partial charge in [0.05, 0.1) is 16.0 Å². The fourth-order valence-corrected chi connectivity index (χ4v) is 2.64. The van der Waals surface area contributed by atoms with Crippen molar-refractivity contribution in [1.29, 1.82) is 0 Å². The fraction of sp³-hybridized carbons (Fsp3) is 0.176. The second kappa shape index (κ2) is 6.49. The molecule has 3 rings (SSSR count). The highest BCUT2D eigenvalue weighted by atomic mass is 16.6. The molecule has 0 spiro atoms. The Morgan fingerprint density at radius 1 is 1.17 bits per heavy atom. The van der Waals surface area contributed by atoms with Crippen LogP contribution in [0.4, 0.5) is 5.69 Å². The summed E-state index contributed by atoms with van der Waals surface area (Å²) >= 11 is 0. The first-order valence-corrected chi connectivity index (χ1v) is 7.48. The number of aryl methyl sites for hydroxylation is 1. The Hall–Kier alpha value is -3.22. The average molecular weight is 325 g/mol. The van der Waals surface area contributed by atoms with Gasteiger partial charge in [0, 0.05) is 30.7 Å². The van der Waals surface area contributed by atoms with Gasteiger partial charge in [-0.2, -0.15) is 0 Å². The van der Waals surface area contributed by atoms with Crippen LogP contribution in [0.5, 0.6) is 0 Å². The summed E-state index contributed by atoms with van der Waals surface area (Å²) in [4.78, 5) is 25.7. The maximum atomic E-state index is 10.8. The van der Waals surface area contributed by atoms with Gasteiger partial charge in [0.25, 0.3) is 5.69 Å². The third-order valence-electron chi connectivity index (χ3n) is 3.76. The lowest BCUT2D eigenvalue weighted by atomic mass is 10.2. The molecule has 1 aromatic heterocycles. The number of rotatable bonds is 6. The predicted octanol–water partition coefficient (Wildman–Crippen LogP) is 3.48. The topological polar surface area (TPSA) is 98.3 Å². The number of aromatic nitrogens is 2. The smallest absolute Gasteiger partial charge is 0.303 e. The number of para-hydroxylation sites is 2. The third-order valence-corrected chi connectivity index (χ3v) is 3.76. The number of nitrogens with zero attached hydrogens (tertiary/aromatic N) is 3. The number of aliphatic carboxylic acids is 1. The summed E-state index contributed by atoms with van der Waals surface area (Å²) < 4.78 is 1.96. The van der Waals surface area contributed by atoms with Gasteiger partial charge in [-0.1, -0.05) is 12.1 Å². The number of carbonyl (C=O) groups is 1. The minimum Gasteiger partial charge on any atom is -0.481 e. The molecule has 1 N–H and O–H groups in total. The highest BCUT2D eigenvalue weighted by molar-refractivity contribution is 5.80. The van der Waals surface area contributed by atoms with E-state index in [2.05, 4.69) is 4.98 Å². The van der Waals surface area contributed by atoms with Crippen molar-refractivity contribution in [3.05, 3.63) is 58.6 Å². The van der Waals surface area contributed by atoms with Gasteiger partial charge in [0.2, 0.25) is 0 Å². The lowest BCUT2D eigenvalue weighted by Crippen LogP contribution is -2.04. The zero-order chi connectivity index (χ0) is 17.1. The molecule has 0 atom stereocenters. The Morgan fingerprint density at radius 2 is 1.88 bits per heavy atom. The van der Waals surface area contributed by atoms with Crippen LogP contribution in [-0.4, -0.2) is 25.6 Å². The van der Waals surface area contributed by atoms with E-state index in [1.54, 1.807) is 12.1 Å². The second-order valence-electron chi connectivity index (χ2n) is 5.38. The standard InChI is InChI=1S/C17H15N3O4/c21-16(22)6-3-11-19-15-5-2-1-4-14(15)18-17(19)12-7-9-13(10-8-12)20(23)24/h1-2,4-5,7-10H,3,6,11H2,(H,21,22). The van der Waals surface area contributed by atoms with Gasteiger partial charge in [0.1, 0.15) is 5.82 Å². The number of carboxylic acids is 1. The number of nitro groups is 1. The largest absolute Gasteiger partial charge is 0.481 e. The van der Waals surface area contributed by atoms with E-state index in [1.807, 2.05) is 28.8 Å². The highest BCUT2D eigenvalue weighted by Crippen LogP contribution is 2.26. The van der Waals surface area contributed by atoms with Crippen molar-refractivity contribution in [3.8, 4) is 11.4 Å². The molecule has 0 aliphatic rings. The summed E-state index contributed by atoms with van der Waals surface area (Å²) in [6.07, 6.45) is 0.557. The molecule has 0 bridgehead atoms. The van der Waals surface area contributed by atoms with Crippen molar-refractivity contribution in [1.82, 2.24) is 9.55 Å². The van der Waals surface area contributed by atoms with Gasteiger partial charge in [0.15, 0.2) is 0 Å². The van der Waals surface area contributed by atoms with Crippen LogP contribution < -0.4 is 0 Å². The number of benzene rings is 2. The quantitative estimate of drug-likeness (QED) is 0.552. The Balaban J connectivity index is 2.02. The summed E-state index contributed by atoms with van der Waals surface area (Å²) in [6, 6.07) is 13.8. The molecule has 3 aromatic rings. The fourth-order valence-electron chi connectivity index (χ4n) is 2.64. The maximum absolute atomic E-state index is 10.8. The van der Waals surface area contributed by atoms with E-state index in [-0.39, 0.29) is 12.1 Å². The average Bonchev–Trinajstić information content (AvgIpc) is 2.93. The molecule has 122 valence electrons. The van der Waals surface area contributed by atoms with Gasteiger partial charge >= 0.3 is 5.97 Å². The van der Waals surface area contributed by atoms with Crippen LogP contribution in [0.1, 0.15) is 12.8 Å². The summed E-state index contributed by atoms with van der Waals surface area (Å²) in [6.45, 7) is 0.513. The molecular weight excluding hydrogens is 310 g/mol. The lowest BCUT2D eigenvalue weighted by molar-refractivity contribution is -0.384. The number of hydrogen-bond acceptors (Lipinski definition) is 4. The molecule has 7 nitrogen and oxygen atoms in total. The molecule has 0 radical (unpaired) electrons. The van der Waals surface area contributed by atoms with Crippen LogP contribution in [0.25, 0.3) is 22.4 Å². The molecule has 0 saturated carbocycles. The Labute approximate surface area is 137 Å². The molecule has 0 fully saturated rings. The number of fused-ring (bicyclic) bond motifs is 1. The second-order valence-corrected chi connectivity index (χ2v) is 5.38. The molecular formula is C17H15N3O4. The molecule has 24 heavy (non-hydrogen) atoms. The molecule has 1 heterocycles. The van der Waals surface area contributed by atoms with Crippen LogP contribution in [-0.2, 0) is 11.3 Å². The highest BCUT2D eigenvalue weighted by Gasteiger charge is 2.14. The minimum absolute atomic E-state index is 0.0206. The number of carboxylic acid groups (broad SMARTS) is 1. The lowest BCUT2D eigenvalue weighted by Gasteiger charge is -2.08. The van der Waals surface area contributed by atoms with Gasteiger partial charge in [-0.05, 0) is 30.7 Å². The normalized spacial score (nSPS) is 10.8. The van der Waals surface area contributed by atoms with Crippen LogP contribution >= 0.6 is 0 Å². The summed E-state index contributed by atoms with van der Waals surface area (Å²) in [5, 5.41) is 19.6. The number of nitro benzene ring substituents is 1. The third kappa shape index (κ3) is 3.10. The Morgan fingerprint density at radius 3 is 2.54 bits per heavy atom. The number of imidazole rings is 1. The van der Waals surface area contributed by atoms with Crippen LogP contribution in [0.3, 0.4) is 0 Å². The van der Waals surface area contributed by atoms with Crippen molar-refractivity contribution in [2.45, 2.75) is 19.4 Å². The minimum atomic E-state index is -0.837. The zero-order valence-corrected chi connectivity index (χ0v) is 12.8. The van der Waals surface area contributed by atoms with E-state index in [0.29, 0.717) is 18.8 Å². The molecule has 0 amide bonds. The molecule has 7 heteroatoms. The predicted molar refractivity (Wildman–Crippen MR) is 88.7 cm³/mol.